The summed E-state index contributed by atoms with van der Waals surface area (Å²) >= 11 is 0. The van der Waals surface area contributed by atoms with Gasteiger partial charge in [-0.25, -0.2) is 0 Å². The van der Waals surface area contributed by atoms with E-state index in [9.17, 15) is 9.59 Å². The molecule has 2 amide bonds. The summed E-state index contributed by atoms with van der Waals surface area (Å²) in [6.45, 7) is 9.96. The summed E-state index contributed by atoms with van der Waals surface area (Å²) in [5.41, 5.74) is 5.11. The van der Waals surface area contributed by atoms with Crippen LogP contribution in [0.5, 0.6) is 0 Å². The van der Waals surface area contributed by atoms with Gasteiger partial charge in [0.05, 0.1) is 13.1 Å². The van der Waals surface area contributed by atoms with Gasteiger partial charge in [0, 0.05) is 37.6 Å². The molecule has 6 heteroatoms. The maximum absolute atomic E-state index is 12.4. The summed E-state index contributed by atoms with van der Waals surface area (Å²) in [7, 11) is 0. The molecule has 0 spiro atoms. The molecule has 0 aliphatic carbocycles. The number of rotatable bonds is 7. The van der Waals surface area contributed by atoms with E-state index in [-0.39, 0.29) is 11.8 Å². The molecule has 0 aromatic heterocycles. The summed E-state index contributed by atoms with van der Waals surface area (Å²) in [5.74, 6) is 0.0167. The van der Waals surface area contributed by atoms with E-state index in [1.54, 1.807) is 0 Å². The Hall–Kier alpha value is -2.70. The third-order valence-electron chi connectivity index (χ3n) is 5.54. The van der Waals surface area contributed by atoms with E-state index in [0.29, 0.717) is 13.1 Å². The second kappa shape index (κ2) is 10.4. The number of nitrogens with one attached hydrogen (secondary N) is 2. The molecular formula is C24H32N4O2. The van der Waals surface area contributed by atoms with Gasteiger partial charge in [-0.1, -0.05) is 37.3 Å². The Morgan fingerprint density at radius 1 is 0.833 bits per heavy atom. The number of hydrogen-bond donors (Lipinski definition) is 2. The van der Waals surface area contributed by atoms with Crippen molar-refractivity contribution in [2.24, 2.45) is 0 Å². The molecule has 6 nitrogen and oxygen atoms in total. The normalized spacial score (nSPS) is 15.0. The lowest BCUT2D eigenvalue weighted by atomic mass is 10.1. The zero-order valence-electron chi connectivity index (χ0n) is 18.2. The van der Waals surface area contributed by atoms with Gasteiger partial charge in [0.25, 0.3) is 0 Å². The Kier molecular flexibility index (Phi) is 7.60. The molecule has 2 aromatic carbocycles. The smallest absolute Gasteiger partial charge is 0.238 e. The fourth-order valence-electron chi connectivity index (χ4n) is 3.71. The average molecular weight is 409 g/mol. The zero-order valence-corrected chi connectivity index (χ0v) is 18.2. The molecule has 3 rings (SSSR count). The van der Waals surface area contributed by atoms with Crippen molar-refractivity contribution < 1.29 is 9.59 Å². The fraction of sp³-hybridized carbons (Fsp3) is 0.417. The van der Waals surface area contributed by atoms with Crippen LogP contribution in [0.4, 0.5) is 11.4 Å². The Morgan fingerprint density at radius 2 is 1.40 bits per heavy atom. The third-order valence-corrected chi connectivity index (χ3v) is 5.54. The predicted octanol–water partition coefficient (Wildman–Crippen LogP) is 3.06. The van der Waals surface area contributed by atoms with Gasteiger partial charge in [-0.05, 0) is 49.1 Å². The van der Waals surface area contributed by atoms with Crippen LogP contribution in [0.1, 0.15) is 23.6 Å². The number of carbonyl (C=O) groups excluding carboxylic acids is 2. The minimum atomic E-state index is 0.00562. The first-order valence-electron chi connectivity index (χ1n) is 10.6. The first-order chi connectivity index (χ1) is 14.4. The van der Waals surface area contributed by atoms with E-state index < -0.39 is 0 Å². The number of para-hydroxylation sites is 1. The summed E-state index contributed by atoms with van der Waals surface area (Å²) < 4.78 is 0. The molecular weight excluding hydrogens is 376 g/mol. The van der Waals surface area contributed by atoms with Gasteiger partial charge in [0.2, 0.25) is 11.8 Å². The summed E-state index contributed by atoms with van der Waals surface area (Å²) in [6.07, 6.45) is 0.888. The maximum Gasteiger partial charge on any atom is 0.238 e. The molecule has 1 heterocycles. The zero-order chi connectivity index (χ0) is 21.5. The number of carbonyl (C=O) groups is 2. The molecule has 1 fully saturated rings. The number of aryl methyl sites for hydroxylation is 3. The van der Waals surface area contributed by atoms with Crippen molar-refractivity contribution >= 4 is 23.2 Å². The molecule has 0 radical (unpaired) electrons. The Morgan fingerprint density at radius 3 is 2.00 bits per heavy atom. The van der Waals surface area contributed by atoms with Crippen molar-refractivity contribution in [3.63, 3.8) is 0 Å². The monoisotopic (exact) mass is 408 g/mol. The highest BCUT2D eigenvalue weighted by Gasteiger charge is 2.21. The van der Waals surface area contributed by atoms with Gasteiger partial charge < -0.3 is 10.6 Å². The van der Waals surface area contributed by atoms with Gasteiger partial charge in [-0.3, -0.25) is 19.4 Å². The molecule has 0 saturated carbocycles. The minimum absolute atomic E-state index is 0.00562. The summed E-state index contributed by atoms with van der Waals surface area (Å²) in [5, 5.41) is 6.05. The summed E-state index contributed by atoms with van der Waals surface area (Å²) in [4.78, 5) is 29.2. The highest BCUT2D eigenvalue weighted by Crippen LogP contribution is 2.17. The largest absolute Gasteiger partial charge is 0.325 e. The van der Waals surface area contributed by atoms with Crippen LogP contribution in [-0.2, 0) is 16.0 Å². The van der Waals surface area contributed by atoms with Crippen molar-refractivity contribution in [2.45, 2.75) is 27.2 Å². The van der Waals surface area contributed by atoms with Crippen LogP contribution in [0.2, 0.25) is 0 Å². The van der Waals surface area contributed by atoms with Crippen LogP contribution < -0.4 is 10.6 Å². The van der Waals surface area contributed by atoms with E-state index in [1.807, 2.05) is 56.3 Å². The molecule has 2 aromatic rings. The lowest BCUT2D eigenvalue weighted by Crippen LogP contribution is -2.50. The summed E-state index contributed by atoms with van der Waals surface area (Å²) in [6, 6.07) is 14.0. The molecule has 160 valence electrons. The van der Waals surface area contributed by atoms with Crippen molar-refractivity contribution in [3.8, 4) is 0 Å². The number of piperazine rings is 1. The topological polar surface area (TPSA) is 64.7 Å². The third kappa shape index (κ3) is 6.15. The van der Waals surface area contributed by atoms with Crippen LogP contribution in [-0.4, -0.2) is 60.9 Å². The Balaban J connectivity index is 1.42. The van der Waals surface area contributed by atoms with E-state index in [0.717, 1.165) is 60.7 Å². The second-order valence-corrected chi connectivity index (χ2v) is 7.98. The standard InChI is InChI=1S/C24H32N4O2/c1-4-20-7-5-6-8-21(20)25-23(29)16-27-11-13-28(14-12-27)17-24(30)26-22-15-18(2)9-10-19(22)3/h5-10,15H,4,11-14,16-17H2,1-3H3,(H,25,29)(H,26,30). The molecule has 1 saturated heterocycles. The number of nitrogens with zero attached hydrogens (tertiary/aromatic N) is 2. The van der Waals surface area contributed by atoms with E-state index in [4.69, 9.17) is 0 Å². The first kappa shape index (κ1) is 22.0. The van der Waals surface area contributed by atoms with Crippen molar-refractivity contribution in [2.75, 3.05) is 49.9 Å². The lowest BCUT2D eigenvalue weighted by molar-refractivity contribution is -0.120. The SMILES string of the molecule is CCc1ccccc1NC(=O)CN1CCN(CC(=O)Nc2cc(C)ccc2C)CC1. The molecule has 0 unspecified atom stereocenters. The molecule has 0 bridgehead atoms. The highest BCUT2D eigenvalue weighted by molar-refractivity contribution is 5.93. The first-order valence-corrected chi connectivity index (χ1v) is 10.6. The molecule has 30 heavy (non-hydrogen) atoms. The van der Waals surface area contributed by atoms with Gasteiger partial charge >= 0.3 is 0 Å². The quantitative estimate of drug-likeness (QED) is 0.739. The number of benzene rings is 2. The molecule has 1 aliphatic rings. The number of hydrogen-bond acceptors (Lipinski definition) is 4. The van der Waals surface area contributed by atoms with Gasteiger partial charge in [0.15, 0.2) is 0 Å². The van der Waals surface area contributed by atoms with Gasteiger partial charge in [-0.2, -0.15) is 0 Å². The molecule has 1 aliphatic heterocycles. The second-order valence-electron chi connectivity index (χ2n) is 7.98. The lowest BCUT2D eigenvalue weighted by Gasteiger charge is -2.33. The van der Waals surface area contributed by atoms with Gasteiger partial charge in [-0.15, -0.1) is 0 Å². The molecule has 2 N–H and O–H groups in total. The average Bonchev–Trinajstić information content (AvgIpc) is 2.72. The van der Waals surface area contributed by atoms with Gasteiger partial charge in [0.1, 0.15) is 0 Å². The van der Waals surface area contributed by atoms with Crippen LogP contribution >= 0.6 is 0 Å². The Bertz CT molecular complexity index is 889. The van der Waals surface area contributed by atoms with Crippen LogP contribution in [0.15, 0.2) is 42.5 Å². The minimum Gasteiger partial charge on any atom is -0.325 e. The highest BCUT2D eigenvalue weighted by atomic mass is 16.2. The Labute approximate surface area is 179 Å². The van der Waals surface area contributed by atoms with E-state index in [2.05, 4.69) is 27.4 Å². The maximum atomic E-state index is 12.4. The van der Waals surface area contributed by atoms with Crippen LogP contribution in [0.25, 0.3) is 0 Å². The van der Waals surface area contributed by atoms with E-state index >= 15 is 0 Å². The van der Waals surface area contributed by atoms with E-state index in [1.165, 1.54) is 0 Å². The van der Waals surface area contributed by atoms with Crippen molar-refractivity contribution in [1.29, 1.82) is 0 Å². The molecule has 0 atom stereocenters. The van der Waals surface area contributed by atoms with Crippen molar-refractivity contribution in [3.05, 3.63) is 59.2 Å². The van der Waals surface area contributed by atoms with Crippen molar-refractivity contribution in [1.82, 2.24) is 9.80 Å². The van der Waals surface area contributed by atoms with Crippen LogP contribution in [0.3, 0.4) is 0 Å². The number of anilines is 2. The predicted molar refractivity (Wildman–Crippen MR) is 122 cm³/mol. The van der Waals surface area contributed by atoms with Crippen LogP contribution in [0, 0.1) is 13.8 Å². The number of amides is 2. The fourth-order valence-corrected chi connectivity index (χ4v) is 3.71.